The predicted octanol–water partition coefficient (Wildman–Crippen LogP) is 13.5. The van der Waals surface area contributed by atoms with E-state index in [0.29, 0.717) is 91.5 Å². The normalized spacial score (nSPS) is 14.2. The maximum atomic E-state index is 12.6. The topological polar surface area (TPSA) is 374 Å². The quantitative estimate of drug-likeness (QED) is 0.0130. The minimum absolute atomic E-state index is 0.00465. The first-order valence-corrected chi connectivity index (χ1v) is 41.4. The van der Waals surface area contributed by atoms with E-state index in [1.165, 1.54) is 19.3 Å². The van der Waals surface area contributed by atoms with Crippen molar-refractivity contribution >= 4 is 123 Å². The Morgan fingerprint density at radius 3 is 1.03 bits per heavy atom. The molecule has 0 atom stereocenters. The summed E-state index contributed by atoms with van der Waals surface area (Å²) in [6.45, 7) is 2.18. The summed E-state index contributed by atoms with van der Waals surface area (Å²) >= 11 is 19.3. The molecular weight excluding hydrogens is 1540 g/mol. The molecule has 3 heterocycles. The largest absolute Gasteiger partial charge is 0.481 e. The van der Waals surface area contributed by atoms with Crippen LogP contribution in [0.3, 0.4) is 0 Å². The SMILES string of the molecule is CCCCCC(=O)Nc1ccc(Cc2nc(Cl)c(CC(=O)O)c(N(C)CC(=O)NC3CCCC3)n2)cc1.CN(CC(=O)NC1CCCC1)c1nc(Cc2ccc(NC(=O)CC3CCCCC3)cc2)nc(Cl)c1CC(=O)O.CN(CC(=O)NC1CCCC1)c1nc(Cc2ccc(NC(=O)CCc3ccccc3)cc2)nc(Cl)c1CC(=O)O. The molecule has 0 radical (unpaired) electrons. The first kappa shape index (κ1) is 89.6. The molecule has 11 rings (SSSR count). The molecule has 9 N–H and O–H groups in total. The van der Waals surface area contributed by atoms with Gasteiger partial charge < -0.3 is 61.9 Å². The Balaban J connectivity index is 0.000000199. The van der Waals surface area contributed by atoms with Crippen molar-refractivity contribution in [2.24, 2.45) is 5.92 Å². The molecule has 6 amide bonds. The monoisotopic (exact) mass is 1650 g/mol. The van der Waals surface area contributed by atoms with Gasteiger partial charge in [0.1, 0.15) is 50.4 Å². The van der Waals surface area contributed by atoms with Crippen molar-refractivity contribution in [3.05, 3.63) is 175 Å². The minimum atomic E-state index is -1.07. The third kappa shape index (κ3) is 30.0. The molecule has 0 aliphatic heterocycles. The lowest BCUT2D eigenvalue weighted by Crippen LogP contribution is -2.40. The number of carbonyl (C=O) groups is 9. The number of benzene rings is 4. The van der Waals surface area contributed by atoms with E-state index in [-0.39, 0.29) is 125 Å². The van der Waals surface area contributed by atoms with Crippen LogP contribution in [0.1, 0.15) is 211 Å². The van der Waals surface area contributed by atoms with Crippen LogP contribution in [0.2, 0.25) is 15.5 Å². The van der Waals surface area contributed by atoms with Crippen LogP contribution < -0.4 is 46.6 Å². The molecule has 27 nitrogen and oxygen atoms in total. The van der Waals surface area contributed by atoms with Gasteiger partial charge in [-0.2, -0.15) is 0 Å². The van der Waals surface area contributed by atoms with Gasteiger partial charge in [0.25, 0.3) is 0 Å². The molecule has 0 saturated heterocycles. The van der Waals surface area contributed by atoms with Crippen LogP contribution >= 0.6 is 34.8 Å². The summed E-state index contributed by atoms with van der Waals surface area (Å²) < 4.78 is 0. The molecule has 30 heteroatoms. The molecule has 620 valence electrons. The molecule has 4 saturated carbocycles. The molecular formula is C86H108Cl3N15O12. The van der Waals surface area contributed by atoms with Gasteiger partial charge in [0.2, 0.25) is 35.4 Å². The second-order valence-electron chi connectivity index (χ2n) is 30.5. The lowest BCUT2D eigenvalue weighted by Gasteiger charge is -2.23. The maximum absolute atomic E-state index is 12.6. The standard InChI is InChI=1S/C30H34ClN5O4.C29H38ClN5O4.C27H36ClN5O4/c1-36(19-27(38)33-22-9-5-6-10-22)30-24(18-28(39)40)29(31)34-25(35-30)17-21-11-14-23(15-12-21)32-26(37)16-13-20-7-3-2-4-8-20;1-35(18-26(37)32-21-9-5-6-10-21)29-23(17-27(38)39)28(30)33-24(34-29)15-20-11-13-22(14-12-20)31-25(36)16-19-7-3-2-4-8-19;1-3-4-5-10-23(34)29-20-13-11-18(12-14-20)15-22-31-26(28)21(16-25(36)37)27(32-22)33(2)17-24(35)30-19-8-6-7-9-19/h2-4,7-8,11-12,14-15,22H,5-6,9-10,13,16-19H2,1H3,(H,32,37)(H,33,38)(H,39,40);11-14,19,21H,2-10,15-18H2,1H3,(H,31,36)(H,32,37)(H,38,39);11-14,19H,3-10,15-17H2,1-2H3,(H,29,34)(H,30,35)(H,36,37). The van der Waals surface area contributed by atoms with Crippen molar-refractivity contribution in [2.45, 2.75) is 218 Å². The number of anilines is 6. The lowest BCUT2D eigenvalue weighted by atomic mass is 9.87. The molecule has 4 fully saturated rings. The highest BCUT2D eigenvalue weighted by molar-refractivity contribution is 6.31. The number of carbonyl (C=O) groups excluding carboxylic acids is 6. The second-order valence-corrected chi connectivity index (χ2v) is 31.6. The number of nitrogens with zero attached hydrogens (tertiary/aromatic N) is 9. The molecule has 0 bridgehead atoms. The van der Waals surface area contributed by atoms with Crippen LogP contribution in [-0.2, 0) is 88.1 Å². The van der Waals surface area contributed by atoms with Crippen LogP contribution in [0.15, 0.2) is 103 Å². The van der Waals surface area contributed by atoms with E-state index in [1.807, 2.05) is 103 Å². The van der Waals surface area contributed by atoms with Gasteiger partial charge in [0.15, 0.2) is 0 Å². The van der Waals surface area contributed by atoms with E-state index < -0.39 is 17.9 Å². The highest BCUT2D eigenvalue weighted by Gasteiger charge is 2.28. The summed E-state index contributed by atoms with van der Waals surface area (Å²) in [5, 5.41) is 46.3. The Hall–Kier alpha value is -10.4. The zero-order valence-corrected chi connectivity index (χ0v) is 68.9. The molecule has 7 aromatic rings. The number of hydrogen-bond acceptors (Lipinski definition) is 18. The van der Waals surface area contributed by atoms with Gasteiger partial charge in [0, 0.05) is 112 Å². The molecule has 4 aliphatic rings. The van der Waals surface area contributed by atoms with Gasteiger partial charge in [-0.3, -0.25) is 43.2 Å². The van der Waals surface area contributed by atoms with E-state index >= 15 is 0 Å². The van der Waals surface area contributed by atoms with Crippen molar-refractivity contribution in [2.75, 3.05) is 71.4 Å². The van der Waals surface area contributed by atoms with E-state index in [0.717, 1.165) is 143 Å². The number of amides is 6. The first-order valence-electron chi connectivity index (χ1n) is 40.3. The zero-order chi connectivity index (χ0) is 83.0. The Morgan fingerprint density at radius 2 is 0.698 bits per heavy atom. The Labute approximate surface area is 693 Å². The fourth-order valence-corrected chi connectivity index (χ4v) is 15.6. The summed E-state index contributed by atoms with van der Waals surface area (Å²) in [4.78, 5) is 141. The van der Waals surface area contributed by atoms with Gasteiger partial charge in [-0.25, -0.2) is 29.9 Å². The van der Waals surface area contributed by atoms with Crippen molar-refractivity contribution in [3.8, 4) is 0 Å². The zero-order valence-electron chi connectivity index (χ0n) is 66.6. The first-order chi connectivity index (χ1) is 55.8. The second kappa shape index (κ2) is 45.8. The number of aryl methyl sites for hydroxylation is 1. The number of hydrogen-bond donors (Lipinski definition) is 9. The average Bonchev–Trinajstić information content (AvgIpc) is 0.981. The number of carboxylic acid groups (broad SMARTS) is 3. The van der Waals surface area contributed by atoms with Crippen molar-refractivity contribution in [3.63, 3.8) is 0 Å². The van der Waals surface area contributed by atoms with Crippen molar-refractivity contribution in [1.82, 2.24) is 45.9 Å². The number of halogens is 3. The predicted molar refractivity (Wildman–Crippen MR) is 450 cm³/mol. The Morgan fingerprint density at radius 1 is 0.379 bits per heavy atom. The summed E-state index contributed by atoms with van der Waals surface area (Å²) in [5.41, 5.74) is 6.77. The summed E-state index contributed by atoms with van der Waals surface area (Å²) in [6, 6.07) is 32.7. The fraction of sp³-hybridized carbons (Fsp3) is 0.477. The molecule has 4 aliphatic carbocycles. The van der Waals surface area contributed by atoms with Crippen molar-refractivity contribution in [1.29, 1.82) is 0 Å². The molecule has 4 aromatic carbocycles. The molecule has 0 unspecified atom stereocenters. The van der Waals surface area contributed by atoms with Crippen LogP contribution in [0, 0.1) is 5.92 Å². The van der Waals surface area contributed by atoms with Crippen LogP contribution in [0.5, 0.6) is 0 Å². The van der Waals surface area contributed by atoms with E-state index in [4.69, 9.17) is 34.8 Å². The Kier molecular flexibility index (Phi) is 35.4. The number of aliphatic carboxylic acids is 3. The van der Waals surface area contributed by atoms with Crippen molar-refractivity contribution < 1.29 is 58.5 Å². The fourth-order valence-electron chi connectivity index (χ4n) is 14.9. The van der Waals surface area contributed by atoms with Gasteiger partial charge in [-0.05, 0) is 129 Å². The maximum Gasteiger partial charge on any atom is 0.308 e. The summed E-state index contributed by atoms with van der Waals surface area (Å²) in [7, 11) is 5.09. The number of carboxylic acids is 3. The van der Waals surface area contributed by atoms with Gasteiger partial charge in [-0.15, -0.1) is 0 Å². The summed E-state index contributed by atoms with van der Waals surface area (Å²) in [5.74, 6) is -0.937. The smallest absolute Gasteiger partial charge is 0.308 e. The van der Waals surface area contributed by atoms with Crippen LogP contribution in [-0.4, -0.2) is 157 Å². The van der Waals surface area contributed by atoms with E-state index in [2.05, 4.69) is 68.7 Å². The number of nitrogens with one attached hydrogen (secondary N) is 6. The molecule has 0 spiro atoms. The highest BCUT2D eigenvalue weighted by atomic mass is 35.5. The summed E-state index contributed by atoms with van der Waals surface area (Å²) in [6.07, 6.45) is 23.5. The van der Waals surface area contributed by atoms with E-state index in [9.17, 15) is 58.5 Å². The highest BCUT2D eigenvalue weighted by Crippen LogP contribution is 2.32. The van der Waals surface area contributed by atoms with Crippen LogP contribution in [0.25, 0.3) is 0 Å². The lowest BCUT2D eigenvalue weighted by molar-refractivity contribution is -0.137. The molecule has 3 aromatic heterocycles. The van der Waals surface area contributed by atoms with Gasteiger partial charge in [-0.1, -0.05) is 179 Å². The Bertz CT molecular complexity index is 4470. The average molecular weight is 1650 g/mol. The third-order valence-electron chi connectivity index (χ3n) is 20.8. The number of rotatable bonds is 36. The minimum Gasteiger partial charge on any atom is -0.481 e. The van der Waals surface area contributed by atoms with E-state index in [1.54, 1.807) is 35.8 Å². The van der Waals surface area contributed by atoms with Crippen LogP contribution in [0.4, 0.5) is 34.5 Å². The number of likely N-dealkylation sites (N-methyl/N-ethyl adjacent to an activating group) is 3. The van der Waals surface area contributed by atoms with Gasteiger partial charge in [0.05, 0.1) is 38.9 Å². The van der Waals surface area contributed by atoms with Gasteiger partial charge >= 0.3 is 17.9 Å². The number of aromatic nitrogens is 6. The molecule has 116 heavy (non-hydrogen) atoms. The number of unbranched alkanes of at least 4 members (excludes halogenated alkanes) is 2. The third-order valence-corrected chi connectivity index (χ3v) is 21.7.